The zero-order valence-electron chi connectivity index (χ0n) is 29.4. The van der Waals surface area contributed by atoms with Gasteiger partial charge in [-0.15, -0.1) is 0 Å². The van der Waals surface area contributed by atoms with E-state index in [2.05, 4.69) is 193 Å². The van der Waals surface area contributed by atoms with Crippen LogP contribution in [0.4, 0.5) is 17.1 Å². The fourth-order valence-corrected chi connectivity index (χ4v) is 8.48. The SMILES string of the molecule is c1cc(-c2cccc3ccccc23)cc(N(c2ccc(-c3ccc4c5ccccc5c5ccccc5c4c3)cc2)c2ccc3oc4ccccc4c3c2)c1. The molecule has 54 heavy (non-hydrogen) atoms. The molecule has 0 aliphatic rings. The summed E-state index contributed by atoms with van der Waals surface area (Å²) < 4.78 is 6.24. The molecule has 10 aromatic carbocycles. The van der Waals surface area contributed by atoms with E-state index in [-0.39, 0.29) is 0 Å². The van der Waals surface area contributed by atoms with Crippen molar-refractivity contribution in [3.05, 3.63) is 200 Å². The molecule has 0 spiro atoms. The smallest absolute Gasteiger partial charge is 0.135 e. The topological polar surface area (TPSA) is 16.4 Å². The predicted octanol–water partition coefficient (Wildman–Crippen LogP) is 15.0. The molecule has 0 aliphatic heterocycles. The van der Waals surface area contributed by atoms with Gasteiger partial charge in [0.25, 0.3) is 0 Å². The summed E-state index contributed by atoms with van der Waals surface area (Å²) in [5.41, 5.74) is 9.80. The lowest BCUT2D eigenvalue weighted by Gasteiger charge is -2.26. The van der Waals surface area contributed by atoms with Gasteiger partial charge in [-0.2, -0.15) is 0 Å². The Morgan fingerprint density at radius 3 is 1.61 bits per heavy atom. The number of fused-ring (bicyclic) bond motifs is 10. The standard InChI is InChI=1S/C52H33NO/c1-2-15-41-35(11-1)12-10-21-42(41)37-13-9-14-39(31-37)53(40-28-30-52-50(33-40)48-20-7-8-22-51(48)54-52)38-26-23-34(24-27-38)36-25-29-47-45-18-4-3-16-43(45)44-17-5-6-19-46(44)49(47)32-36/h1-33H. The summed E-state index contributed by atoms with van der Waals surface area (Å²) in [6.07, 6.45) is 0. The maximum absolute atomic E-state index is 6.24. The molecule has 0 fully saturated rings. The van der Waals surface area contributed by atoms with Crippen LogP contribution in [-0.4, -0.2) is 0 Å². The highest BCUT2D eigenvalue weighted by atomic mass is 16.3. The van der Waals surface area contributed by atoms with Crippen LogP contribution in [0.15, 0.2) is 205 Å². The lowest BCUT2D eigenvalue weighted by Crippen LogP contribution is -2.10. The van der Waals surface area contributed by atoms with Gasteiger partial charge in [0.15, 0.2) is 0 Å². The number of hydrogen-bond donors (Lipinski definition) is 0. The summed E-state index contributed by atoms with van der Waals surface area (Å²) >= 11 is 0. The molecule has 0 N–H and O–H groups in total. The second kappa shape index (κ2) is 12.2. The van der Waals surface area contributed by atoms with Gasteiger partial charge in [0.1, 0.15) is 11.2 Å². The second-order valence-electron chi connectivity index (χ2n) is 14.1. The number of anilines is 3. The van der Waals surface area contributed by atoms with Gasteiger partial charge in [-0.05, 0) is 120 Å². The minimum Gasteiger partial charge on any atom is -0.456 e. The molecular weight excluding hydrogens is 655 g/mol. The Bertz CT molecular complexity index is 3190. The number of nitrogens with zero attached hydrogens (tertiary/aromatic N) is 1. The monoisotopic (exact) mass is 687 g/mol. The summed E-state index contributed by atoms with van der Waals surface area (Å²) in [7, 11) is 0. The van der Waals surface area contributed by atoms with Crippen molar-refractivity contribution in [1.82, 2.24) is 0 Å². The number of hydrogen-bond acceptors (Lipinski definition) is 2. The summed E-state index contributed by atoms with van der Waals surface area (Å²) in [6.45, 7) is 0. The van der Waals surface area contributed by atoms with Crippen LogP contribution >= 0.6 is 0 Å². The first-order valence-electron chi connectivity index (χ1n) is 18.5. The molecule has 0 saturated carbocycles. The molecule has 2 nitrogen and oxygen atoms in total. The van der Waals surface area contributed by atoms with E-state index in [4.69, 9.17) is 4.42 Å². The van der Waals surface area contributed by atoms with Crippen LogP contribution in [0.25, 0.3) is 87.3 Å². The fraction of sp³-hybridized carbons (Fsp3) is 0. The molecular formula is C52H33NO. The maximum Gasteiger partial charge on any atom is 0.135 e. The lowest BCUT2D eigenvalue weighted by molar-refractivity contribution is 0.669. The van der Waals surface area contributed by atoms with E-state index < -0.39 is 0 Å². The van der Waals surface area contributed by atoms with Crippen molar-refractivity contribution >= 4 is 82.1 Å². The van der Waals surface area contributed by atoms with E-state index in [9.17, 15) is 0 Å². The van der Waals surface area contributed by atoms with Crippen LogP contribution in [0.3, 0.4) is 0 Å². The number of rotatable bonds is 5. The number of benzene rings is 10. The van der Waals surface area contributed by atoms with E-state index in [1.165, 1.54) is 65.3 Å². The first kappa shape index (κ1) is 30.5. The van der Waals surface area contributed by atoms with Gasteiger partial charge in [-0.1, -0.05) is 146 Å². The molecule has 0 unspecified atom stereocenters. The van der Waals surface area contributed by atoms with Crippen LogP contribution in [0, 0.1) is 0 Å². The average Bonchev–Trinajstić information content (AvgIpc) is 3.62. The Morgan fingerprint density at radius 2 is 0.833 bits per heavy atom. The minimum atomic E-state index is 0.886. The van der Waals surface area contributed by atoms with Gasteiger partial charge in [-0.3, -0.25) is 0 Å². The normalized spacial score (nSPS) is 11.7. The third-order valence-corrected chi connectivity index (χ3v) is 11.0. The molecule has 11 rings (SSSR count). The van der Waals surface area contributed by atoms with Gasteiger partial charge >= 0.3 is 0 Å². The lowest BCUT2D eigenvalue weighted by atomic mass is 9.92. The van der Waals surface area contributed by atoms with E-state index in [0.29, 0.717) is 0 Å². The van der Waals surface area contributed by atoms with E-state index in [1.807, 2.05) is 12.1 Å². The molecule has 0 amide bonds. The quantitative estimate of drug-likeness (QED) is 0.168. The fourth-order valence-electron chi connectivity index (χ4n) is 8.48. The average molecular weight is 688 g/mol. The third kappa shape index (κ3) is 4.88. The van der Waals surface area contributed by atoms with E-state index in [1.54, 1.807) is 0 Å². The Morgan fingerprint density at radius 1 is 0.278 bits per heavy atom. The number of furan rings is 1. The molecule has 2 heteroatoms. The zero-order valence-corrected chi connectivity index (χ0v) is 29.4. The van der Waals surface area contributed by atoms with Crippen LogP contribution in [0.2, 0.25) is 0 Å². The summed E-state index contributed by atoms with van der Waals surface area (Å²) in [5, 5.41) is 12.4. The third-order valence-electron chi connectivity index (χ3n) is 11.0. The minimum absolute atomic E-state index is 0.886. The second-order valence-corrected chi connectivity index (χ2v) is 14.1. The van der Waals surface area contributed by atoms with Crippen LogP contribution in [0.1, 0.15) is 0 Å². The Hall–Kier alpha value is -7.16. The van der Waals surface area contributed by atoms with Gasteiger partial charge < -0.3 is 9.32 Å². The van der Waals surface area contributed by atoms with Crippen LogP contribution in [-0.2, 0) is 0 Å². The number of para-hydroxylation sites is 1. The van der Waals surface area contributed by atoms with Crippen molar-refractivity contribution < 1.29 is 4.42 Å². The molecule has 0 saturated heterocycles. The molecule has 0 atom stereocenters. The highest BCUT2D eigenvalue weighted by molar-refractivity contribution is 6.25. The van der Waals surface area contributed by atoms with Crippen LogP contribution in [0.5, 0.6) is 0 Å². The van der Waals surface area contributed by atoms with Crippen molar-refractivity contribution in [3.8, 4) is 22.3 Å². The maximum atomic E-state index is 6.24. The van der Waals surface area contributed by atoms with Crippen molar-refractivity contribution in [3.63, 3.8) is 0 Å². The molecule has 1 heterocycles. The molecule has 0 bridgehead atoms. The van der Waals surface area contributed by atoms with Crippen molar-refractivity contribution in [2.75, 3.05) is 4.90 Å². The van der Waals surface area contributed by atoms with Crippen molar-refractivity contribution in [2.45, 2.75) is 0 Å². The molecule has 11 aromatic rings. The Labute approximate surface area is 312 Å². The highest BCUT2D eigenvalue weighted by Crippen LogP contribution is 2.42. The van der Waals surface area contributed by atoms with Gasteiger partial charge in [-0.25, -0.2) is 0 Å². The molecule has 0 radical (unpaired) electrons. The first-order valence-corrected chi connectivity index (χ1v) is 18.5. The van der Waals surface area contributed by atoms with E-state index in [0.717, 1.165) is 39.0 Å². The predicted molar refractivity (Wildman–Crippen MR) is 229 cm³/mol. The summed E-state index contributed by atoms with van der Waals surface area (Å²) in [6, 6.07) is 72.3. The van der Waals surface area contributed by atoms with Crippen LogP contribution < -0.4 is 4.90 Å². The Kier molecular flexibility index (Phi) is 6.90. The van der Waals surface area contributed by atoms with Gasteiger partial charge in [0.2, 0.25) is 0 Å². The zero-order chi connectivity index (χ0) is 35.6. The van der Waals surface area contributed by atoms with Gasteiger partial charge in [0, 0.05) is 27.8 Å². The molecule has 1 aromatic heterocycles. The summed E-state index contributed by atoms with van der Waals surface area (Å²) in [4.78, 5) is 2.36. The molecule has 0 aliphatic carbocycles. The van der Waals surface area contributed by atoms with Crippen molar-refractivity contribution in [2.24, 2.45) is 0 Å². The highest BCUT2D eigenvalue weighted by Gasteiger charge is 2.17. The Balaban J connectivity index is 1.06. The summed E-state index contributed by atoms with van der Waals surface area (Å²) in [5.74, 6) is 0. The first-order chi connectivity index (χ1) is 26.8. The van der Waals surface area contributed by atoms with Crippen molar-refractivity contribution in [1.29, 1.82) is 0 Å². The van der Waals surface area contributed by atoms with E-state index >= 15 is 0 Å². The largest absolute Gasteiger partial charge is 0.456 e. The van der Waals surface area contributed by atoms with Gasteiger partial charge in [0.05, 0.1) is 0 Å². The molecule has 252 valence electrons.